The molecule has 3 aromatic rings. The summed E-state index contributed by atoms with van der Waals surface area (Å²) in [4.78, 5) is 21.0. The van der Waals surface area contributed by atoms with Gasteiger partial charge in [0.15, 0.2) is 0 Å². The van der Waals surface area contributed by atoms with Crippen LogP contribution in [0.5, 0.6) is 0 Å². The molecule has 3 rings (SSSR count). The number of nitrogens with zero attached hydrogens (tertiary/aromatic N) is 3. The van der Waals surface area contributed by atoms with Crippen molar-refractivity contribution in [2.45, 2.75) is 6.54 Å². The van der Waals surface area contributed by atoms with Crippen molar-refractivity contribution < 1.29 is 9.53 Å². The number of fused-ring (bicyclic) bond motifs is 1. The number of esters is 1. The van der Waals surface area contributed by atoms with Gasteiger partial charge < -0.3 is 9.30 Å². The summed E-state index contributed by atoms with van der Waals surface area (Å²) >= 11 is 1.61. The van der Waals surface area contributed by atoms with Crippen LogP contribution in [0.25, 0.3) is 11.0 Å². The molecule has 0 saturated heterocycles. The van der Waals surface area contributed by atoms with Crippen LogP contribution in [0, 0.1) is 0 Å². The highest BCUT2D eigenvalue weighted by molar-refractivity contribution is 7.09. The third-order valence-electron chi connectivity index (χ3n) is 2.85. The molecule has 1 aromatic carbocycles. The van der Waals surface area contributed by atoms with Crippen LogP contribution in [0.2, 0.25) is 0 Å². The van der Waals surface area contributed by atoms with Crippen LogP contribution >= 0.6 is 11.3 Å². The number of rotatable bonds is 3. The molecule has 0 unspecified atom stereocenters. The average molecular weight is 273 g/mol. The van der Waals surface area contributed by atoms with Gasteiger partial charge in [-0.15, -0.1) is 11.3 Å². The predicted molar refractivity (Wildman–Crippen MR) is 72.3 cm³/mol. The SMILES string of the molecule is COC(=O)c1ccc2c(c1)ncn2Cc1cncs1. The molecule has 0 aliphatic heterocycles. The first-order valence-electron chi connectivity index (χ1n) is 5.68. The lowest BCUT2D eigenvalue weighted by Gasteiger charge is -2.02. The van der Waals surface area contributed by atoms with E-state index in [2.05, 4.69) is 9.97 Å². The van der Waals surface area contributed by atoms with Crippen LogP contribution in [0.4, 0.5) is 0 Å². The van der Waals surface area contributed by atoms with Gasteiger partial charge in [0.25, 0.3) is 0 Å². The maximum Gasteiger partial charge on any atom is 0.337 e. The van der Waals surface area contributed by atoms with E-state index in [0.717, 1.165) is 22.5 Å². The van der Waals surface area contributed by atoms with Gasteiger partial charge in [0.1, 0.15) is 0 Å². The lowest BCUT2D eigenvalue weighted by atomic mass is 10.2. The van der Waals surface area contributed by atoms with E-state index in [4.69, 9.17) is 4.74 Å². The van der Waals surface area contributed by atoms with Crippen molar-refractivity contribution in [1.82, 2.24) is 14.5 Å². The number of methoxy groups -OCH3 is 1. The molecule has 19 heavy (non-hydrogen) atoms. The van der Waals surface area contributed by atoms with Crippen molar-refractivity contribution in [1.29, 1.82) is 0 Å². The second-order valence-electron chi connectivity index (χ2n) is 4.04. The minimum absolute atomic E-state index is 0.348. The van der Waals surface area contributed by atoms with E-state index < -0.39 is 0 Å². The number of carbonyl (C=O) groups is 1. The van der Waals surface area contributed by atoms with Crippen LogP contribution in [0.1, 0.15) is 15.2 Å². The first kappa shape index (κ1) is 11.9. The maximum absolute atomic E-state index is 11.5. The molecule has 0 bridgehead atoms. The van der Waals surface area contributed by atoms with Crippen molar-refractivity contribution in [2.24, 2.45) is 0 Å². The molecule has 0 aliphatic carbocycles. The zero-order valence-electron chi connectivity index (χ0n) is 10.2. The fourth-order valence-corrected chi connectivity index (χ4v) is 2.52. The van der Waals surface area contributed by atoms with Gasteiger partial charge in [-0.3, -0.25) is 4.98 Å². The monoisotopic (exact) mass is 273 g/mol. The van der Waals surface area contributed by atoms with Gasteiger partial charge in [0.2, 0.25) is 0 Å². The van der Waals surface area contributed by atoms with E-state index in [-0.39, 0.29) is 5.97 Å². The molecule has 0 spiro atoms. The van der Waals surface area contributed by atoms with Crippen molar-refractivity contribution in [3.05, 3.63) is 46.7 Å². The third-order valence-corrected chi connectivity index (χ3v) is 3.62. The summed E-state index contributed by atoms with van der Waals surface area (Å²) in [5.41, 5.74) is 4.09. The van der Waals surface area contributed by atoms with Crippen LogP contribution < -0.4 is 0 Å². The Bertz CT molecular complexity index is 719. The van der Waals surface area contributed by atoms with E-state index in [1.165, 1.54) is 7.11 Å². The second-order valence-corrected chi connectivity index (χ2v) is 5.01. The van der Waals surface area contributed by atoms with Crippen molar-refractivity contribution in [3.8, 4) is 0 Å². The van der Waals surface area contributed by atoms with Crippen LogP contribution in [0.15, 0.2) is 36.2 Å². The topological polar surface area (TPSA) is 57.0 Å². The third kappa shape index (κ3) is 2.22. The number of aromatic nitrogens is 3. The highest BCUT2D eigenvalue weighted by Gasteiger charge is 2.09. The number of benzene rings is 1. The largest absolute Gasteiger partial charge is 0.465 e. The van der Waals surface area contributed by atoms with Gasteiger partial charge in [-0.2, -0.15) is 0 Å². The molecular weight excluding hydrogens is 262 g/mol. The molecular formula is C13H11N3O2S. The minimum atomic E-state index is -0.348. The summed E-state index contributed by atoms with van der Waals surface area (Å²) in [6, 6.07) is 5.37. The molecule has 0 amide bonds. The summed E-state index contributed by atoms with van der Waals surface area (Å²) in [7, 11) is 1.37. The van der Waals surface area contributed by atoms with Crippen molar-refractivity contribution in [3.63, 3.8) is 0 Å². The second kappa shape index (κ2) is 4.81. The smallest absolute Gasteiger partial charge is 0.337 e. The molecule has 0 aliphatic rings. The molecule has 2 aromatic heterocycles. The highest BCUT2D eigenvalue weighted by atomic mass is 32.1. The van der Waals surface area contributed by atoms with E-state index in [1.54, 1.807) is 29.8 Å². The normalized spacial score (nSPS) is 10.8. The lowest BCUT2D eigenvalue weighted by molar-refractivity contribution is 0.0601. The molecule has 96 valence electrons. The molecule has 0 atom stereocenters. The summed E-state index contributed by atoms with van der Waals surface area (Å²) in [5.74, 6) is -0.348. The summed E-state index contributed by atoms with van der Waals surface area (Å²) < 4.78 is 6.73. The van der Waals surface area contributed by atoms with Gasteiger partial charge in [-0.05, 0) is 18.2 Å². The minimum Gasteiger partial charge on any atom is -0.465 e. The van der Waals surface area contributed by atoms with Gasteiger partial charge in [0.05, 0.1) is 42.1 Å². The van der Waals surface area contributed by atoms with E-state index >= 15 is 0 Å². The standard InChI is InChI=1S/C13H11N3O2S/c1-18-13(17)9-2-3-12-11(4-9)15-7-16(12)6-10-5-14-8-19-10/h2-5,7-8H,6H2,1H3. The van der Waals surface area contributed by atoms with Gasteiger partial charge in [-0.1, -0.05) is 0 Å². The number of imidazole rings is 1. The number of thiazole rings is 1. The number of hydrogen-bond donors (Lipinski definition) is 0. The molecule has 5 nitrogen and oxygen atoms in total. The predicted octanol–water partition coefficient (Wildman–Crippen LogP) is 2.33. The number of carbonyl (C=O) groups excluding carboxylic acids is 1. The molecule has 0 N–H and O–H groups in total. The Kier molecular flexibility index (Phi) is 3.00. The maximum atomic E-state index is 11.5. The van der Waals surface area contributed by atoms with Crippen LogP contribution in [-0.4, -0.2) is 27.6 Å². The summed E-state index contributed by atoms with van der Waals surface area (Å²) in [6.07, 6.45) is 3.62. The van der Waals surface area contributed by atoms with Gasteiger partial charge >= 0.3 is 5.97 Å². The van der Waals surface area contributed by atoms with Gasteiger partial charge in [0, 0.05) is 11.1 Å². The summed E-state index contributed by atoms with van der Waals surface area (Å²) in [5, 5.41) is 0. The average Bonchev–Trinajstić information content (AvgIpc) is 3.08. The number of hydrogen-bond acceptors (Lipinski definition) is 5. The van der Waals surface area contributed by atoms with E-state index in [0.29, 0.717) is 5.56 Å². The zero-order valence-corrected chi connectivity index (χ0v) is 11.1. The Morgan fingerprint density at radius 2 is 2.37 bits per heavy atom. The van der Waals surface area contributed by atoms with Crippen LogP contribution in [-0.2, 0) is 11.3 Å². The first-order valence-corrected chi connectivity index (χ1v) is 6.56. The Morgan fingerprint density at radius 3 is 3.11 bits per heavy atom. The molecule has 6 heteroatoms. The van der Waals surface area contributed by atoms with E-state index in [9.17, 15) is 4.79 Å². The van der Waals surface area contributed by atoms with E-state index in [1.807, 2.05) is 22.3 Å². The Morgan fingerprint density at radius 1 is 1.47 bits per heavy atom. The highest BCUT2D eigenvalue weighted by Crippen LogP contribution is 2.18. The lowest BCUT2D eigenvalue weighted by Crippen LogP contribution is -2.01. The quantitative estimate of drug-likeness (QED) is 0.687. The fraction of sp³-hybridized carbons (Fsp3) is 0.154. The molecule has 0 fully saturated rings. The zero-order chi connectivity index (χ0) is 13.2. The van der Waals surface area contributed by atoms with Gasteiger partial charge in [-0.25, -0.2) is 9.78 Å². The Labute approximate surface area is 113 Å². The van der Waals surface area contributed by atoms with Crippen molar-refractivity contribution >= 4 is 28.3 Å². The summed E-state index contributed by atoms with van der Waals surface area (Å²) in [6.45, 7) is 0.735. The van der Waals surface area contributed by atoms with Crippen LogP contribution in [0.3, 0.4) is 0 Å². The first-order chi connectivity index (χ1) is 9.28. The Hall–Kier alpha value is -2.21. The molecule has 2 heterocycles. The Balaban J connectivity index is 1.98. The molecule has 0 radical (unpaired) electrons. The number of ether oxygens (including phenoxy) is 1. The molecule has 0 saturated carbocycles. The van der Waals surface area contributed by atoms with Crippen molar-refractivity contribution in [2.75, 3.05) is 7.11 Å². The fourth-order valence-electron chi connectivity index (χ4n) is 1.92.